The zero-order chi connectivity index (χ0) is 13.0. The fourth-order valence-corrected chi connectivity index (χ4v) is 1.71. The van der Waals surface area contributed by atoms with Gasteiger partial charge in [0.05, 0.1) is 0 Å². The fraction of sp³-hybridized carbons (Fsp3) is 0.154. The smallest absolute Gasteiger partial charge is 0.238 e. The summed E-state index contributed by atoms with van der Waals surface area (Å²) < 4.78 is 18.4. The average molecular weight is 267 g/mol. The summed E-state index contributed by atoms with van der Waals surface area (Å²) in [4.78, 5) is 4.11. The van der Waals surface area contributed by atoms with Gasteiger partial charge in [0.2, 0.25) is 5.88 Å². The van der Waals surface area contributed by atoms with Gasteiger partial charge < -0.3 is 10.1 Å². The van der Waals surface area contributed by atoms with Gasteiger partial charge in [-0.15, -0.1) is 0 Å². The zero-order valence-corrected chi connectivity index (χ0v) is 10.5. The van der Waals surface area contributed by atoms with Gasteiger partial charge in [0.15, 0.2) is 0 Å². The van der Waals surface area contributed by atoms with Gasteiger partial charge in [0.1, 0.15) is 16.6 Å². The number of aromatic nitrogens is 1. The molecule has 5 heteroatoms. The minimum atomic E-state index is -0.365. The molecule has 0 atom stereocenters. The number of rotatable bonds is 4. The minimum Gasteiger partial charge on any atom is -0.437 e. The van der Waals surface area contributed by atoms with Crippen LogP contribution in [0.25, 0.3) is 0 Å². The van der Waals surface area contributed by atoms with E-state index in [1.807, 2.05) is 7.05 Å². The molecule has 2 rings (SSSR count). The lowest BCUT2D eigenvalue weighted by Gasteiger charge is -2.08. The highest BCUT2D eigenvalue weighted by molar-refractivity contribution is 6.31. The summed E-state index contributed by atoms with van der Waals surface area (Å²) in [7, 11) is 1.84. The van der Waals surface area contributed by atoms with Crippen molar-refractivity contribution >= 4 is 11.6 Å². The third-order valence-corrected chi connectivity index (χ3v) is 2.53. The van der Waals surface area contributed by atoms with Gasteiger partial charge in [0.25, 0.3) is 0 Å². The van der Waals surface area contributed by atoms with Crippen molar-refractivity contribution in [2.75, 3.05) is 7.05 Å². The van der Waals surface area contributed by atoms with Crippen molar-refractivity contribution in [1.82, 2.24) is 10.3 Å². The number of halogens is 2. The van der Waals surface area contributed by atoms with Crippen molar-refractivity contribution < 1.29 is 9.13 Å². The normalized spacial score (nSPS) is 10.4. The van der Waals surface area contributed by atoms with Gasteiger partial charge in [-0.25, -0.2) is 9.37 Å². The third kappa shape index (κ3) is 3.18. The number of nitrogens with one attached hydrogen (secondary N) is 1. The number of hydrogen-bond donors (Lipinski definition) is 1. The Morgan fingerprint density at radius 1 is 1.39 bits per heavy atom. The molecule has 18 heavy (non-hydrogen) atoms. The second-order valence-corrected chi connectivity index (χ2v) is 4.13. The molecular formula is C13H12ClFN2O. The quantitative estimate of drug-likeness (QED) is 0.921. The zero-order valence-electron chi connectivity index (χ0n) is 9.78. The van der Waals surface area contributed by atoms with E-state index in [4.69, 9.17) is 16.3 Å². The molecule has 0 unspecified atom stereocenters. The molecule has 0 aliphatic rings. The van der Waals surface area contributed by atoms with Crippen LogP contribution in [0.2, 0.25) is 5.02 Å². The molecule has 0 spiro atoms. The Bertz CT molecular complexity index is 548. The maximum absolute atomic E-state index is 13.0. The maximum Gasteiger partial charge on any atom is 0.238 e. The van der Waals surface area contributed by atoms with Crippen LogP contribution in [0.1, 0.15) is 5.56 Å². The van der Waals surface area contributed by atoms with Crippen LogP contribution in [0, 0.1) is 5.82 Å². The fourth-order valence-electron chi connectivity index (χ4n) is 1.48. The van der Waals surface area contributed by atoms with Crippen molar-refractivity contribution in [3.8, 4) is 11.6 Å². The Labute approximate surface area is 110 Å². The lowest BCUT2D eigenvalue weighted by molar-refractivity contribution is 0.458. The van der Waals surface area contributed by atoms with Crippen LogP contribution in [-0.4, -0.2) is 12.0 Å². The van der Waals surface area contributed by atoms with E-state index in [1.165, 1.54) is 12.1 Å². The van der Waals surface area contributed by atoms with E-state index in [0.717, 1.165) is 5.56 Å². The van der Waals surface area contributed by atoms with Gasteiger partial charge in [-0.05, 0) is 30.8 Å². The number of nitrogens with zero attached hydrogens (tertiary/aromatic N) is 1. The Kier molecular flexibility index (Phi) is 4.12. The molecule has 0 radical (unpaired) electrons. The topological polar surface area (TPSA) is 34.2 Å². The molecule has 1 aromatic heterocycles. The Morgan fingerprint density at radius 2 is 2.22 bits per heavy atom. The van der Waals surface area contributed by atoms with Crippen LogP contribution >= 0.6 is 11.6 Å². The van der Waals surface area contributed by atoms with Gasteiger partial charge in [0, 0.05) is 18.8 Å². The molecule has 1 heterocycles. The molecular weight excluding hydrogens is 255 g/mol. The van der Waals surface area contributed by atoms with Crippen molar-refractivity contribution in [2.45, 2.75) is 6.54 Å². The molecule has 0 fully saturated rings. The lowest BCUT2D eigenvalue weighted by Crippen LogP contribution is -2.05. The number of ether oxygens (including phenoxy) is 1. The predicted octanol–water partition coefficient (Wildman–Crippen LogP) is 3.39. The molecule has 2 aromatic rings. The highest BCUT2D eigenvalue weighted by Gasteiger charge is 2.06. The van der Waals surface area contributed by atoms with Crippen molar-refractivity contribution in [2.24, 2.45) is 0 Å². The summed E-state index contributed by atoms with van der Waals surface area (Å²) in [5.74, 6) is 0.267. The van der Waals surface area contributed by atoms with Gasteiger partial charge in [-0.3, -0.25) is 0 Å². The summed E-state index contributed by atoms with van der Waals surface area (Å²) in [6, 6.07) is 7.59. The second-order valence-electron chi connectivity index (χ2n) is 3.72. The van der Waals surface area contributed by atoms with Crippen molar-refractivity contribution in [1.29, 1.82) is 0 Å². The maximum atomic E-state index is 13.0. The largest absolute Gasteiger partial charge is 0.437 e. The Balaban J connectivity index is 2.19. The average Bonchev–Trinajstić information content (AvgIpc) is 2.33. The van der Waals surface area contributed by atoms with Crippen LogP contribution in [0.3, 0.4) is 0 Å². The van der Waals surface area contributed by atoms with Crippen LogP contribution in [0.15, 0.2) is 36.5 Å². The highest BCUT2D eigenvalue weighted by Crippen LogP contribution is 2.27. The number of benzene rings is 1. The lowest BCUT2D eigenvalue weighted by atomic mass is 10.3. The summed E-state index contributed by atoms with van der Waals surface area (Å²) in [6.45, 7) is 0.674. The Morgan fingerprint density at radius 3 is 2.89 bits per heavy atom. The van der Waals surface area contributed by atoms with Gasteiger partial charge in [-0.1, -0.05) is 17.7 Å². The van der Waals surface area contributed by atoms with Gasteiger partial charge in [-0.2, -0.15) is 0 Å². The monoisotopic (exact) mass is 266 g/mol. The van der Waals surface area contributed by atoms with E-state index in [2.05, 4.69) is 10.3 Å². The highest BCUT2D eigenvalue weighted by atomic mass is 35.5. The first-order chi connectivity index (χ1) is 8.69. The molecule has 0 saturated heterocycles. The SMILES string of the molecule is CNCc1cnc(Oc2cccc(F)c2)c(Cl)c1. The molecule has 3 nitrogen and oxygen atoms in total. The third-order valence-electron chi connectivity index (χ3n) is 2.26. The first kappa shape index (κ1) is 12.8. The minimum absolute atomic E-state index is 0.266. The first-order valence-electron chi connectivity index (χ1n) is 5.41. The molecule has 1 aromatic carbocycles. The number of pyridine rings is 1. The van der Waals surface area contributed by atoms with Crippen molar-refractivity contribution in [3.05, 3.63) is 52.9 Å². The standard InChI is InChI=1S/C13H12ClFN2O/c1-16-7-9-5-12(14)13(17-8-9)18-11-4-2-3-10(15)6-11/h2-6,8,16H,7H2,1H3. The molecule has 0 bridgehead atoms. The van der Waals surface area contributed by atoms with Crippen LogP contribution in [0.5, 0.6) is 11.6 Å². The predicted molar refractivity (Wildman–Crippen MR) is 68.5 cm³/mol. The summed E-state index contributed by atoms with van der Waals surface area (Å²) in [6.07, 6.45) is 1.66. The van der Waals surface area contributed by atoms with Gasteiger partial charge >= 0.3 is 0 Å². The molecule has 0 aliphatic carbocycles. The van der Waals surface area contributed by atoms with E-state index in [0.29, 0.717) is 17.3 Å². The van der Waals surface area contributed by atoms with E-state index < -0.39 is 0 Å². The molecule has 0 aliphatic heterocycles. The van der Waals surface area contributed by atoms with E-state index in [1.54, 1.807) is 24.4 Å². The Hall–Kier alpha value is -1.65. The first-order valence-corrected chi connectivity index (χ1v) is 5.79. The summed E-state index contributed by atoms with van der Waals surface area (Å²) in [5, 5.41) is 3.39. The van der Waals surface area contributed by atoms with Crippen LogP contribution < -0.4 is 10.1 Å². The summed E-state index contributed by atoms with van der Waals surface area (Å²) in [5.41, 5.74) is 0.953. The summed E-state index contributed by atoms with van der Waals surface area (Å²) >= 11 is 6.05. The van der Waals surface area contributed by atoms with Crippen LogP contribution in [0.4, 0.5) is 4.39 Å². The van der Waals surface area contributed by atoms with Crippen molar-refractivity contribution in [3.63, 3.8) is 0 Å². The molecule has 0 amide bonds. The van der Waals surface area contributed by atoms with E-state index in [-0.39, 0.29) is 11.7 Å². The second kappa shape index (κ2) is 5.80. The molecule has 0 saturated carbocycles. The van der Waals surface area contributed by atoms with Crippen LogP contribution in [-0.2, 0) is 6.54 Å². The molecule has 94 valence electrons. The van der Waals surface area contributed by atoms with E-state index >= 15 is 0 Å². The molecule has 1 N–H and O–H groups in total. The van der Waals surface area contributed by atoms with E-state index in [9.17, 15) is 4.39 Å². The number of hydrogen-bond acceptors (Lipinski definition) is 3.